The summed E-state index contributed by atoms with van der Waals surface area (Å²) in [5, 5.41) is 0. The number of isocyanates is 1. The van der Waals surface area contributed by atoms with Crippen molar-refractivity contribution < 1.29 is 9.53 Å². The molecule has 0 heterocycles. The Kier molecular flexibility index (Phi) is 3.34. The number of benzene rings is 2. The van der Waals surface area contributed by atoms with Gasteiger partial charge in [-0.15, -0.1) is 0 Å². The van der Waals surface area contributed by atoms with Gasteiger partial charge in [0.25, 0.3) is 0 Å². The SMILES string of the molecule is COc1ccc(N=C=O)cc1-c1ccccc1. The molecule has 0 saturated carbocycles. The van der Waals surface area contributed by atoms with Gasteiger partial charge in [-0.05, 0) is 23.8 Å². The van der Waals surface area contributed by atoms with Gasteiger partial charge >= 0.3 is 0 Å². The van der Waals surface area contributed by atoms with Gasteiger partial charge in [0.1, 0.15) is 5.75 Å². The topological polar surface area (TPSA) is 38.7 Å². The van der Waals surface area contributed by atoms with Crippen molar-refractivity contribution in [2.45, 2.75) is 0 Å². The molecule has 0 N–H and O–H groups in total. The maximum Gasteiger partial charge on any atom is 0.240 e. The van der Waals surface area contributed by atoms with Gasteiger partial charge in [0.2, 0.25) is 6.08 Å². The predicted molar refractivity (Wildman–Crippen MR) is 66.2 cm³/mol. The Hall–Kier alpha value is -2.38. The zero-order chi connectivity index (χ0) is 12.1. The molecule has 17 heavy (non-hydrogen) atoms. The molecule has 0 amide bonds. The lowest BCUT2D eigenvalue weighted by molar-refractivity contribution is 0.416. The lowest BCUT2D eigenvalue weighted by Gasteiger charge is -2.08. The number of ether oxygens (including phenoxy) is 1. The summed E-state index contributed by atoms with van der Waals surface area (Å²) in [6.07, 6.45) is 1.53. The highest BCUT2D eigenvalue weighted by atomic mass is 16.5. The van der Waals surface area contributed by atoms with Gasteiger partial charge in [0.15, 0.2) is 0 Å². The van der Waals surface area contributed by atoms with Gasteiger partial charge in [-0.3, -0.25) is 0 Å². The van der Waals surface area contributed by atoms with Crippen LogP contribution in [0.2, 0.25) is 0 Å². The van der Waals surface area contributed by atoms with Gasteiger partial charge in [-0.25, -0.2) is 4.79 Å². The summed E-state index contributed by atoms with van der Waals surface area (Å²) >= 11 is 0. The number of nitrogens with zero attached hydrogens (tertiary/aromatic N) is 1. The minimum atomic E-state index is 0.569. The van der Waals surface area contributed by atoms with Crippen molar-refractivity contribution in [2.24, 2.45) is 4.99 Å². The molecule has 0 saturated heterocycles. The normalized spacial score (nSPS) is 9.47. The molecule has 0 spiro atoms. The Morgan fingerprint density at radius 3 is 2.53 bits per heavy atom. The van der Waals surface area contributed by atoms with Crippen molar-refractivity contribution in [3.63, 3.8) is 0 Å². The van der Waals surface area contributed by atoms with Crippen molar-refractivity contribution in [1.29, 1.82) is 0 Å². The van der Waals surface area contributed by atoms with E-state index in [0.29, 0.717) is 5.69 Å². The van der Waals surface area contributed by atoms with Crippen LogP contribution in [0.1, 0.15) is 0 Å². The number of methoxy groups -OCH3 is 1. The Balaban J connectivity index is 2.57. The molecule has 2 aromatic rings. The average molecular weight is 225 g/mol. The Labute approximate surface area is 99.4 Å². The largest absolute Gasteiger partial charge is 0.496 e. The van der Waals surface area contributed by atoms with Crippen LogP contribution >= 0.6 is 0 Å². The van der Waals surface area contributed by atoms with E-state index in [4.69, 9.17) is 4.74 Å². The lowest BCUT2D eigenvalue weighted by atomic mass is 10.0. The molecule has 0 atom stereocenters. The van der Waals surface area contributed by atoms with Crippen LogP contribution in [0.5, 0.6) is 5.75 Å². The monoisotopic (exact) mass is 225 g/mol. The minimum Gasteiger partial charge on any atom is -0.496 e. The zero-order valence-electron chi connectivity index (χ0n) is 9.38. The third-order valence-corrected chi connectivity index (χ3v) is 2.44. The summed E-state index contributed by atoms with van der Waals surface area (Å²) < 4.78 is 5.29. The minimum absolute atomic E-state index is 0.569. The van der Waals surface area contributed by atoms with E-state index in [1.54, 1.807) is 25.3 Å². The first-order valence-electron chi connectivity index (χ1n) is 5.16. The number of carbonyl (C=O) groups excluding carboxylic acids is 1. The third kappa shape index (κ3) is 2.41. The number of rotatable bonds is 3. The third-order valence-electron chi connectivity index (χ3n) is 2.44. The summed E-state index contributed by atoms with van der Waals surface area (Å²) in [6, 6.07) is 15.1. The summed E-state index contributed by atoms with van der Waals surface area (Å²) in [6.45, 7) is 0. The van der Waals surface area contributed by atoms with E-state index < -0.39 is 0 Å². The van der Waals surface area contributed by atoms with Crippen LogP contribution in [0, 0.1) is 0 Å². The van der Waals surface area contributed by atoms with Crippen molar-refractivity contribution in [2.75, 3.05) is 7.11 Å². The van der Waals surface area contributed by atoms with Crippen molar-refractivity contribution in [3.05, 3.63) is 48.5 Å². The van der Waals surface area contributed by atoms with Gasteiger partial charge in [0.05, 0.1) is 12.8 Å². The zero-order valence-corrected chi connectivity index (χ0v) is 9.38. The smallest absolute Gasteiger partial charge is 0.240 e. The highest BCUT2D eigenvalue weighted by molar-refractivity contribution is 5.74. The second kappa shape index (κ2) is 5.10. The maximum atomic E-state index is 10.3. The van der Waals surface area contributed by atoms with E-state index >= 15 is 0 Å². The summed E-state index contributed by atoms with van der Waals surface area (Å²) in [4.78, 5) is 13.9. The molecular formula is C14H11NO2. The second-order valence-electron chi connectivity index (χ2n) is 3.45. The van der Waals surface area contributed by atoms with Crippen LogP contribution in [0.3, 0.4) is 0 Å². The first-order valence-corrected chi connectivity index (χ1v) is 5.16. The van der Waals surface area contributed by atoms with Crippen molar-refractivity contribution >= 4 is 11.8 Å². The summed E-state index contributed by atoms with van der Waals surface area (Å²) in [5.74, 6) is 0.751. The van der Waals surface area contributed by atoms with E-state index in [0.717, 1.165) is 16.9 Å². The van der Waals surface area contributed by atoms with Gasteiger partial charge < -0.3 is 4.74 Å². The Bertz CT molecular complexity index is 558. The van der Waals surface area contributed by atoms with Crippen molar-refractivity contribution in [1.82, 2.24) is 0 Å². The lowest BCUT2D eigenvalue weighted by Crippen LogP contribution is -1.87. The Morgan fingerprint density at radius 1 is 1.12 bits per heavy atom. The fraction of sp³-hybridized carbons (Fsp3) is 0.0714. The quantitative estimate of drug-likeness (QED) is 0.593. The number of hydrogen-bond acceptors (Lipinski definition) is 3. The molecule has 0 radical (unpaired) electrons. The van der Waals surface area contributed by atoms with Crippen LogP contribution in [-0.4, -0.2) is 13.2 Å². The van der Waals surface area contributed by atoms with Gasteiger partial charge in [-0.1, -0.05) is 30.3 Å². The highest BCUT2D eigenvalue weighted by Gasteiger charge is 2.06. The van der Waals surface area contributed by atoms with E-state index in [9.17, 15) is 4.79 Å². The number of aliphatic imine (C=N–C) groups is 1. The summed E-state index contributed by atoms with van der Waals surface area (Å²) in [5.41, 5.74) is 2.50. The molecular weight excluding hydrogens is 214 g/mol. The van der Waals surface area contributed by atoms with Crippen LogP contribution in [0.15, 0.2) is 53.5 Å². The first-order chi connectivity index (χ1) is 8.35. The fourth-order valence-electron chi connectivity index (χ4n) is 1.66. The van der Waals surface area contributed by atoms with E-state index in [1.807, 2.05) is 30.3 Å². The molecule has 0 aromatic heterocycles. The molecule has 2 aromatic carbocycles. The molecule has 0 aliphatic carbocycles. The molecule has 0 fully saturated rings. The van der Waals surface area contributed by atoms with Crippen LogP contribution in [0.4, 0.5) is 5.69 Å². The van der Waals surface area contributed by atoms with Crippen molar-refractivity contribution in [3.8, 4) is 16.9 Å². The maximum absolute atomic E-state index is 10.3. The van der Waals surface area contributed by atoms with Crippen LogP contribution in [-0.2, 0) is 4.79 Å². The number of hydrogen-bond donors (Lipinski definition) is 0. The fourth-order valence-corrected chi connectivity index (χ4v) is 1.66. The van der Waals surface area contributed by atoms with Crippen LogP contribution in [0.25, 0.3) is 11.1 Å². The van der Waals surface area contributed by atoms with E-state index in [1.165, 1.54) is 6.08 Å². The highest BCUT2D eigenvalue weighted by Crippen LogP contribution is 2.33. The van der Waals surface area contributed by atoms with E-state index in [-0.39, 0.29) is 0 Å². The molecule has 0 aliphatic heterocycles. The molecule has 3 heteroatoms. The molecule has 0 unspecified atom stereocenters. The summed E-state index contributed by atoms with van der Waals surface area (Å²) in [7, 11) is 1.62. The first kappa shape index (κ1) is 11.1. The average Bonchev–Trinajstić information content (AvgIpc) is 2.40. The van der Waals surface area contributed by atoms with E-state index in [2.05, 4.69) is 4.99 Å². The molecule has 0 bridgehead atoms. The molecule has 3 nitrogen and oxygen atoms in total. The predicted octanol–water partition coefficient (Wildman–Crippen LogP) is 3.33. The van der Waals surface area contributed by atoms with Gasteiger partial charge in [-0.2, -0.15) is 4.99 Å². The second-order valence-corrected chi connectivity index (χ2v) is 3.45. The standard InChI is InChI=1S/C14H11NO2/c1-17-14-8-7-12(15-10-16)9-13(14)11-5-3-2-4-6-11/h2-9H,1H3. The van der Waals surface area contributed by atoms with Gasteiger partial charge in [0, 0.05) is 5.56 Å². The molecule has 0 aliphatic rings. The molecule has 2 rings (SSSR count). The Morgan fingerprint density at radius 2 is 1.88 bits per heavy atom. The van der Waals surface area contributed by atoms with Crippen LogP contribution < -0.4 is 4.74 Å². The molecule has 84 valence electrons.